The molecule has 0 spiro atoms. The average Bonchev–Trinajstić information content (AvgIpc) is 3.39. The molecule has 0 unspecified atom stereocenters. The van der Waals surface area contributed by atoms with E-state index in [0.717, 1.165) is 75.0 Å². The number of hydrogen-bond acceptors (Lipinski definition) is 6. The first-order valence-electron chi connectivity index (χ1n) is 10.9. The van der Waals surface area contributed by atoms with Crippen LogP contribution in [0, 0.1) is 13.8 Å². The number of aromatic nitrogens is 4. The van der Waals surface area contributed by atoms with Gasteiger partial charge in [-0.3, -0.25) is 9.69 Å². The molecule has 1 N–H and O–H groups in total. The van der Waals surface area contributed by atoms with Crippen molar-refractivity contribution < 1.29 is 0 Å². The van der Waals surface area contributed by atoms with Gasteiger partial charge in [0.1, 0.15) is 10.7 Å². The highest BCUT2D eigenvalue weighted by Gasteiger charge is 2.22. The Morgan fingerprint density at radius 2 is 1.78 bits per heavy atom. The lowest BCUT2D eigenvalue weighted by Crippen LogP contribution is -2.46. The van der Waals surface area contributed by atoms with E-state index in [9.17, 15) is 4.79 Å². The van der Waals surface area contributed by atoms with E-state index in [0.29, 0.717) is 6.54 Å². The number of aromatic amines is 1. The third kappa shape index (κ3) is 3.10. The molecule has 5 aromatic rings. The van der Waals surface area contributed by atoms with E-state index in [1.54, 1.807) is 11.3 Å². The number of aryl methyl sites for hydroxylation is 2. The lowest BCUT2D eigenvalue weighted by Gasteiger charge is -2.35. The SMILES string of the molecule is Cc1sc2nc(CN3CCN(c4nc5ccccc5n5cccc45)CC3)[nH]c(=O)c2c1C. The minimum atomic E-state index is -0.0264. The third-order valence-corrected chi connectivity index (χ3v) is 7.58. The summed E-state index contributed by atoms with van der Waals surface area (Å²) in [6, 6.07) is 12.5. The van der Waals surface area contributed by atoms with E-state index < -0.39 is 0 Å². The molecule has 5 heterocycles. The zero-order valence-electron chi connectivity index (χ0n) is 18.1. The molecule has 1 aromatic carbocycles. The highest BCUT2D eigenvalue weighted by molar-refractivity contribution is 7.18. The Morgan fingerprint density at radius 3 is 2.62 bits per heavy atom. The van der Waals surface area contributed by atoms with Crippen LogP contribution in [-0.4, -0.2) is 50.4 Å². The Labute approximate surface area is 188 Å². The summed E-state index contributed by atoms with van der Waals surface area (Å²) < 4.78 is 2.22. The van der Waals surface area contributed by atoms with Gasteiger partial charge in [0.25, 0.3) is 5.56 Å². The fourth-order valence-corrected chi connectivity index (χ4v) is 5.69. The smallest absolute Gasteiger partial charge is 0.259 e. The van der Waals surface area contributed by atoms with Crippen LogP contribution >= 0.6 is 11.3 Å². The Morgan fingerprint density at radius 1 is 1.00 bits per heavy atom. The van der Waals surface area contributed by atoms with Gasteiger partial charge in [0, 0.05) is 37.3 Å². The van der Waals surface area contributed by atoms with Gasteiger partial charge in [-0.25, -0.2) is 9.97 Å². The summed E-state index contributed by atoms with van der Waals surface area (Å²) in [5, 5.41) is 0.736. The molecule has 0 atom stereocenters. The molecule has 0 radical (unpaired) electrons. The summed E-state index contributed by atoms with van der Waals surface area (Å²) in [5.74, 6) is 1.78. The van der Waals surface area contributed by atoms with Gasteiger partial charge in [-0.05, 0) is 43.7 Å². The van der Waals surface area contributed by atoms with E-state index >= 15 is 0 Å². The molecule has 162 valence electrons. The minimum absolute atomic E-state index is 0.0264. The summed E-state index contributed by atoms with van der Waals surface area (Å²) >= 11 is 1.60. The van der Waals surface area contributed by atoms with Crippen molar-refractivity contribution in [3.8, 4) is 0 Å². The number of piperazine rings is 1. The van der Waals surface area contributed by atoms with E-state index in [1.807, 2.05) is 19.9 Å². The number of anilines is 1. The summed E-state index contributed by atoms with van der Waals surface area (Å²) in [4.78, 5) is 32.1. The maximum absolute atomic E-state index is 12.6. The molecular weight excluding hydrogens is 420 g/mol. The molecule has 4 aromatic heterocycles. The van der Waals surface area contributed by atoms with Crippen molar-refractivity contribution in [2.75, 3.05) is 31.1 Å². The van der Waals surface area contributed by atoms with Crippen LogP contribution in [0.2, 0.25) is 0 Å². The van der Waals surface area contributed by atoms with E-state index in [4.69, 9.17) is 9.97 Å². The van der Waals surface area contributed by atoms with Crippen LogP contribution in [0.15, 0.2) is 47.4 Å². The van der Waals surface area contributed by atoms with E-state index in [-0.39, 0.29) is 5.56 Å². The molecular formula is C24H24N6OS. The number of nitrogens with one attached hydrogen (secondary N) is 1. The molecule has 0 saturated carbocycles. The quantitative estimate of drug-likeness (QED) is 0.459. The van der Waals surface area contributed by atoms with Crippen molar-refractivity contribution in [2.24, 2.45) is 0 Å². The number of benzene rings is 1. The van der Waals surface area contributed by atoms with Gasteiger partial charge in [-0.15, -0.1) is 11.3 Å². The van der Waals surface area contributed by atoms with Crippen LogP contribution in [0.1, 0.15) is 16.3 Å². The maximum Gasteiger partial charge on any atom is 0.259 e. The molecule has 1 saturated heterocycles. The van der Waals surface area contributed by atoms with Crippen molar-refractivity contribution >= 4 is 43.9 Å². The molecule has 7 nitrogen and oxygen atoms in total. The number of fused-ring (bicyclic) bond motifs is 4. The molecule has 1 aliphatic rings. The number of nitrogens with zero attached hydrogens (tertiary/aromatic N) is 5. The summed E-state index contributed by atoms with van der Waals surface area (Å²) in [7, 11) is 0. The first kappa shape index (κ1) is 19.5. The van der Waals surface area contributed by atoms with Crippen molar-refractivity contribution in [1.29, 1.82) is 0 Å². The van der Waals surface area contributed by atoms with Gasteiger partial charge in [-0.1, -0.05) is 12.1 Å². The van der Waals surface area contributed by atoms with Crippen LogP contribution in [0.5, 0.6) is 0 Å². The lowest BCUT2D eigenvalue weighted by atomic mass is 10.2. The van der Waals surface area contributed by atoms with Crippen LogP contribution in [-0.2, 0) is 6.54 Å². The molecule has 1 aliphatic heterocycles. The molecule has 0 amide bonds. The van der Waals surface area contributed by atoms with E-state index in [1.165, 1.54) is 0 Å². The van der Waals surface area contributed by atoms with Crippen LogP contribution in [0.4, 0.5) is 5.82 Å². The second kappa shape index (κ2) is 7.43. The van der Waals surface area contributed by atoms with Crippen molar-refractivity contribution in [2.45, 2.75) is 20.4 Å². The predicted octanol–water partition coefficient (Wildman–Crippen LogP) is 3.72. The summed E-state index contributed by atoms with van der Waals surface area (Å²) in [6.45, 7) is 8.25. The molecule has 1 fully saturated rings. The molecule has 8 heteroatoms. The Balaban J connectivity index is 1.23. The Kier molecular flexibility index (Phi) is 4.51. The van der Waals surface area contributed by atoms with Crippen molar-refractivity contribution in [3.63, 3.8) is 0 Å². The first-order chi connectivity index (χ1) is 15.6. The van der Waals surface area contributed by atoms with E-state index in [2.05, 4.69) is 55.7 Å². The lowest BCUT2D eigenvalue weighted by molar-refractivity contribution is 0.244. The fraction of sp³-hybridized carbons (Fsp3) is 0.292. The highest BCUT2D eigenvalue weighted by Crippen LogP contribution is 2.27. The van der Waals surface area contributed by atoms with Crippen molar-refractivity contribution in [1.82, 2.24) is 24.3 Å². The van der Waals surface area contributed by atoms with Crippen LogP contribution < -0.4 is 10.5 Å². The number of hydrogen-bond donors (Lipinski definition) is 1. The van der Waals surface area contributed by atoms with Gasteiger partial charge in [0.05, 0.1) is 28.5 Å². The standard InChI is InChI=1S/C24H24N6OS/c1-15-16(2)32-24-21(15)23(31)26-20(27-24)14-28-10-12-29(13-11-28)22-19-8-5-9-30(19)18-7-4-3-6-17(18)25-22/h3-9H,10-14H2,1-2H3,(H,26,27,31). The largest absolute Gasteiger partial charge is 0.352 e. The average molecular weight is 445 g/mol. The second-order valence-electron chi connectivity index (χ2n) is 8.43. The number of rotatable bonds is 3. The predicted molar refractivity (Wildman–Crippen MR) is 130 cm³/mol. The Bertz CT molecular complexity index is 1520. The number of thiophene rings is 1. The normalized spacial score (nSPS) is 15.4. The molecule has 0 bridgehead atoms. The second-order valence-corrected chi connectivity index (χ2v) is 9.63. The van der Waals surface area contributed by atoms with Crippen molar-refractivity contribution in [3.05, 3.63) is 69.2 Å². The molecule has 32 heavy (non-hydrogen) atoms. The van der Waals surface area contributed by atoms with Crippen LogP contribution in [0.25, 0.3) is 26.8 Å². The Hall–Kier alpha value is -3.23. The zero-order chi connectivity index (χ0) is 21.8. The molecule has 0 aliphatic carbocycles. The molecule has 6 rings (SSSR count). The van der Waals surface area contributed by atoms with Gasteiger partial charge in [0.15, 0.2) is 5.82 Å². The summed E-state index contributed by atoms with van der Waals surface area (Å²) in [5.41, 5.74) is 4.28. The fourth-order valence-electron chi connectivity index (χ4n) is 4.64. The monoisotopic (exact) mass is 444 g/mol. The van der Waals surface area contributed by atoms with Crippen LogP contribution in [0.3, 0.4) is 0 Å². The van der Waals surface area contributed by atoms with Gasteiger partial charge >= 0.3 is 0 Å². The zero-order valence-corrected chi connectivity index (χ0v) is 18.9. The first-order valence-corrected chi connectivity index (χ1v) is 11.7. The topological polar surface area (TPSA) is 69.5 Å². The van der Waals surface area contributed by atoms with Gasteiger partial charge in [0.2, 0.25) is 0 Å². The number of H-pyrrole nitrogens is 1. The third-order valence-electron chi connectivity index (χ3n) is 6.48. The van der Waals surface area contributed by atoms with Gasteiger partial charge < -0.3 is 14.3 Å². The highest BCUT2D eigenvalue weighted by atomic mass is 32.1. The summed E-state index contributed by atoms with van der Waals surface area (Å²) in [6.07, 6.45) is 2.10. The number of para-hydroxylation sites is 2. The van der Waals surface area contributed by atoms with Gasteiger partial charge in [-0.2, -0.15) is 0 Å². The minimum Gasteiger partial charge on any atom is -0.352 e. The maximum atomic E-state index is 12.6.